The fourth-order valence-electron chi connectivity index (χ4n) is 5.11. The lowest BCUT2D eigenvalue weighted by molar-refractivity contribution is -0.118. The van der Waals surface area contributed by atoms with Gasteiger partial charge in [0.05, 0.1) is 17.7 Å². The van der Waals surface area contributed by atoms with Crippen molar-refractivity contribution in [3.63, 3.8) is 0 Å². The minimum atomic E-state index is -0.447. The molecule has 9 nitrogen and oxygen atoms in total. The van der Waals surface area contributed by atoms with Gasteiger partial charge in [-0.15, -0.1) is 0 Å². The Morgan fingerprint density at radius 1 is 1.09 bits per heavy atom. The average Bonchev–Trinajstić information content (AvgIpc) is 3.42. The summed E-state index contributed by atoms with van der Waals surface area (Å²) in [6, 6.07) is 11.6. The predicted octanol–water partition coefficient (Wildman–Crippen LogP) is 2.57. The third-order valence-electron chi connectivity index (χ3n) is 6.76. The van der Waals surface area contributed by atoms with E-state index in [4.69, 9.17) is 9.47 Å². The minimum Gasteiger partial charge on any atom is -0.482 e. The molecule has 35 heavy (non-hydrogen) atoms. The summed E-state index contributed by atoms with van der Waals surface area (Å²) in [5.74, 6) is -0.128. The molecule has 0 spiro atoms. The Labute approximate surface area is 199 Å². The van der Waals surface area contributed by atoms with Crippen LogP contribution in [0.25, 0.3) is 10.9 Å². The normalized spacial score (nSPS) is 20.5. The number of aromatic nitrogens is 1. The molecule has 2 atom stereocenters. The van der Waals surface area contributed by atoms with Crippen molar-refractivity contribution in [2.75, 3.05) is 36.5 Å². The highest BCUT2D eigenvalue weighted by Crippen LogP contribution is 2.35. The number of carbonyl (C=O) groups is 2. The van der Waals surface area contributed by atoms with E-state index in [9.17, 15) is 18.8 Å². The van der Waals surface area contributed by atoms with Gasteiger partial charge in [0.1, 0.15) is 17.7 Å². The molecule has 3 aliphatic heterocycles. The maximum absolute atomic E-state index is 14.6. The molecule has 6 rings (SSSR count). The Morgan fingerprint density at radius 2 is 1.94 bits per heavy atom. The molecule has 180 valence electrons. The summed E-state index contributed by atoms with van der Waals surface area (Å²) >= 11 is 0. The first kappa shape index (κ1) is 21.6. The molecule has 0 radical (unpaired) electrons. The molecule has 0 saturated carbocycles. The number of cyclic esters (lactones) is 1. The minimum absolute atomic E-state index is 0.0291. The van der Waals surface area contributed by atoms with Gasteiger partial charge in [-0.1, -0.05) is 0 Å². The molecule has 0 unspecified atom stereocenters. The number of nitrogens with one attached hydrogen (secondary N) is 2. The standard InChI is InChI=1S/C25H23FN4O5/c26-18-4-1-14-2-6-22(32)30-11-15(23(18)24(14)30)10-27-8-7-17-12-29(25(33)35-17)16-3-5-20-19(9-16)28-21(31)13-34-20/h1-6,9,15,17,27H,7-8,10-13H2,(H,28,31)/t15-,17+/m1/s1. The number of anilines is 2. The fourth-order valence-corrected chi connectivity index (χ4v) is 5.11. The highest BCUT2D eigenvalue weighted by atomic mass is 19.1. The van der Waals surface area contributed by atoms with Gasteiger partial charge in [0.25, 0.3) is 11.5 Å². The van der Waals surface area contributed by atoms with E-state index in [-0.39, 0.29) is 35.9 Å². The second-order valence-electron chi connectivity index (χ2n) is 9.00. The zero-order valence-corrected chi connectivity index (χ0v) is 18.8. The number of benzene rings is 2. The van der Waals surface area contributed by atoms with Crippen LogP contribution in [-0.4, -0.2) is 48.9 Å². The smallest absolute Gasteiger partial charge is 0.414 e. The van der Waals surface area contributed by atoms with Crippen molar-refractivity contribution >= 4 is 34.3 Å². The molecule has 1 aromatic heterocycles. The highest BCUT2D eigenvalue weighted by molar-refractivity contribution is 5.97. The van der Waals surface area contributed by atoms with Crippen LogP contribution in [0.4, 0.5) is 20.6 Å². The van der Waals surface area contributed by atoms with Crippen molar-refractivity contribution in [1.82, 2.24) is 9.88 Å². The number of carbonyl (C=O) groups excluding carboxylic acids is 2. The molecule has 2 aromatic carbocycles. The Morgan fingerprint density at radius 3 is 2.83 bits per heavy atom. The van der Waals surface area contributed by atoms with Gasteiger partial charge >= 0.3 is 6.09 Å². The van der Waals surface area contributed by atoms with Gasteiger partial charge in [0.15, 0.2) is 6.61 Å². The fraction of sp³-hybridized carbons (Fsp3) is 0.320. The lowest BCUT2D eigenvalue weighted by Crippen LogP contribution is -2.29. The maximum atomic E-state index is 14.6. The lowest BCUT2D eigenvalue weighted by Gasteiger charge is -2.20. The summed E-state index contributed by atoms with van der Waals surface area (Å²) < 4.78 is 27.2. The summed E-state index contributed by atoms with van der Waals surface area (Å²) in [6.07, 6.45) is -0.169. The molecule has 1 saturated heterocycles. The van der Waals surface area contributed by atoms with Crippen molar-refractivity contribution in [3.05, 3.63) is 64.2 Å². The summed E-state index contributed by atoms with van der Waals surface area (Å²) in [5.41, 5.74) is 2.27. The number of hydrogen-bond acceptors (Lipinski definition) is 6. The Kier molecular flexibility index (Phi) is 5.18. The first-order chi connectivity index (χ1) is 17.0. The predicted molar refractivity (Wildman–Crippen MR) is 127 cm³/mol. The van der Waals surface area contributed by atoms with Crippen LogP contribution < -0.4 is 25.8 Å². The molecule has 2 N–H and O–H groups in total. The number of amides is 2. The van der Waals surface area contributed by atoms with Crippen LogP contribution in [0, 0.1) is 5.82 Å². The Bertz CT molecular complexity index is 1420. The second-order valence-corrected chi connectivity index (χ2v) is 9.00. The van der Waals surface area contributed by atoms with Gasteiger partial charge in [-0.2, -0.15) is 0 Å². The van der Waals surface area contributed by atoms with Crippen LogP contribution >= 0.6 is 0 Å². The van der Waals surface area contributed by atoms with Gasteiger partial charge < -0.3 is 24.7 Å². The summed E-state index contributed by atoms with van der Waals surface area (Å²) in [4.78, 5) is 37.8. The molecule has 3 aliphatic rings. The SMILES string of the molecule is O=C1COc2ccc(N3C[C@H](CCNC[C@@H]4Cn5c(=O)ccc6ccc(F)c4c65)OC3=O)cc2N1. The van der Waals surface area contributed by atoms with E-state index in [2.05, 4.69) is 10.6 Å². The summed E-state index contributed by atoms with van der Waals surface area (Å²) in [5, 5.41) is 6.93. The van der Waals surface area contributed by atoms with Crippen molar-refractivity contribution < 1.29 is 23.5 Å². The molecule has 3 aromatic rings. The van der Waals surface area contributed by atoms with Crippen molar-refractivity contribution in [2.24, 2.45) is 0 Å². The Hall–Kier alpha value is -3.92. The quantitative estimate of drug-likeness (QED) is 0.528. The molecular formula is C25H23FN4O5. The second kappa shape index (κ2) is 8.38. The van der Waals surface area contributed by atoms with Gasteiger partial charge in [-0.3, -0.25) is 14.5 Å². The summed E-state index contributed by atoms with van der Waals surface area (Å²) in [7, 11) is 0. The Balaban J connectivity index is 1.06. The monoisotopic (exact) mass is 478 g/mol. The molecule has 10 heteroatoms. The van der Waals surface area contributed by atoms with Gasteiger partial charge in [0, 0.05) is 36.3 Å². The number of nitrogens with zero attached hydrogens (tertiary/aromatic N) is 2. The van der Waals surface area contributed by atoms with Crippen LogP contribution in [0.3, 0.4) is 0 Å². The van der Waals surface area contributed by atoms with Crippen LogP contribution in [0.15, 0.2) is 47.3 Å². The van der Waals surface area contributed by atoms with Crippen molar-refractivity contribution in [1.29, 1.82) is 0 Å². The van der Waals surface area contributed by atoms with Crippen molar-refractivity contribution in [2.45, 2.75) is 25.0 Å². The van der Waals surface area contributed by atoms with Gasteiger partial charge in [-0.05, 0) is 54.8 Å². The van der Waals surface area contributed by atoms with Crippen LogP contribution in [-0.2, 0) is 16.1 Å². The zero-order valence-electron chi connectivity index (χ0n) is 18.8. The van der Waals surface area contributed by atoms with E-state index in [1.54, 1.807) is 34.9 Å². The third-order valence-corrected chi connectivity index (χ3v) is 6.76. The van der Waals surface area contributed by atoms with E-state index in [0.717, 1.165) is 5.39 Å². The molecule has 0 aliphatic carbocycles. The van der Waals surface area contributed by atoms with E-state index < -0.39 is 6.09 Å². The molecular weight excluding hydrogens is 455 g/mol. The summed E-state index contributed by atoms with van der Waals surface area (Å²) in [6.45, 7) is 1.86. The molecule has 0 bridgehead atoms. The number of rotatable bonds is 6. The van der Waals surface area contributed by atoms with Gasteiger partial charge in [-0.25, -0.2) is 9.18 Å². The van der Waals surface area contributed by atoms with Crippen LogP contribution in [0.1, 0.15) is 17.9 Å². The van der Waals surface area contributed by atoms with E-state index in [1.807, 2.05) is 0 Å². The number of fused-ring (bicyclic) bond motifs is 1. The first-order valence-corrected chi connectivity index (χ1v) is 11.6. The topological polar surface area (TPSA) is 102 Å². The number of ether oxygens (including phenoxy) is 2. The van der Waals surface area contributed by atoms with Crippen molar-refractivity contribution in [3.8, 4) is 5.75 Å². The number of halogens is 1. The van der Waals surface area contributed by atoms with Gasteiger partial charge in [0.2, 0.25) is 0 Å². The molecule has 1 fully saturated rings. The first-order valence-electron chi connectivity index (χ1n) is 11.6. The van der Waals surface area contributed by atoms with Crippen LogP contribution in [0.2, 0.25) is 0 Å². The van der Waals surface area contributed by atoms with Crippen LogP contribution in [0.5, 0.6) is 5.75 Å². The zero-order chi connectivity index (χ0) is 24.1. The largest absolute Gasteiger partial charge is 0.482 e. The highest BCUT2D eigenvalue weighted by Gasteiger charge is 2.33. The number of hydrogen-bond donors (Lipinski definition) is 2. The average molecular weight is 478 g/mol. The lowest BCUT2D eigenvalue weighted by atomic mass is 9.99. The molecule has 2 amide bonds. The molecule has 4 heterocycles. The van der Waals surface area contributed by atoms with E-state index >= 15 is 0 Å². The van der Waals surface area contributed by atoms with E-state index in [0.29, 0.717) is 60.8 Å². The van der Waals surface area contributed by atoms with E-state index in [1.165, 1.54) is 17.0 Å². The third kappa shape index (κ3) is 3.79. The number of pyridine rings is 1. The maximum Gasteiger partial charge on any atom is 0.414 e.